The molecule has 1 fully saturated rings. The molecule has 21 heavy (non-hydrogen) atoms. The van der Waals surface area contributed by atoms with Crippen LogP contribution in [-0.2, 0) is 13.8 Å². The Kier molecular flexibility index (Phi) is 9.64. The standard InChI is InChI=1S/C11H24O8P2/c12-6-11(8-18-20(13)14,9-19-21(15)16)7-17-10-4-2-1-3-5-10/h10,12-16H,1-9H2. The van der Waals surface area contributed by atoms with Crippen LogP contribution in [0.5, 0.6) is 0 Å². The Morgan fingerprint density at radius 3 is 1.81 bits per heavy atom. The molecule has 0 aliphatic heterocycles. The Morgan fingerprint density at radius 2 is 1.38 bits per heavy atom. The summed E-state index contributed by atoms with van der Waals surface area (Å²) in [5.41, 5.74) is -1.06. The van der Waals surface area contributed by atoms with Crippen molar-refractivity contribution in [2.24, 2.45) is 5.41 Å². The molecule has 1 aliphatic carbocycles. The van der Waals surface area contributed by atoms with E-state index in [9.17, 15) is 5.11 Å². The van der Waals surface area contributed by atoms with E-state index < -0.39 is 29.2 Å². The van der Waals surface area contributed by atoms with E-state index in [0.717, 1.165) is 25.7 Å². The Morgan fingerprint density at radius 1 is 0.857 bits per heavy atom. The Balaban J connectivity index is 2.54. The second kappa shape index (κ2) is 10.3. The summed E-state index contributed by atoms with van der Waals surface area (Å²) in [6.07, 6.45) is 5.38. The molecule has 0 atom stereocenters. The minimum atomic E-state index is -2.56. The zero-order valence-electron chi connectivity index (χ0n) is 11.8. The summed E-state index contributed by atoms with van der Waals surface area (Å²) in [6, 6.07) is 0. The molecule has 1 aliphatic rings. The number of aliphatic hydroxyl groups is 1. The first-order valence-electron chi connectivity index (χ1n) is 6.81. The van der Waals surface area contributed by atoms with Gasteiger partial charge >= 0.3 is 17.2 Å². The molecule has 0 heterocycles. The van der Waals surface area contributed by atoms with Gasteiger partial charge in [-0.15, -0.1) is 0 Å². The third-order valence-corrected chi connectivity index (χ3v) is 4.21. The van der Waals surface area contributed by atoms with Crippen LogP contribution in [0.25, 0.3) is 0 Å². The minimum Gasteiger partial charge on any atom is -0.396 e. The highest BCUT2D eigenvalue weighted by molar-refractivity contribution is 7.39. The van der Waals surface area contributed by atoms with Crippen molar-refractivity contribution in [3.05, 3.63) is 0 Å². The van der Waals surface area contributed by atoms with Gasteiger partial charge in [-0.3, -0.25) is 0 Å². The predicted octanol–water partition coefficient (Wildman–Crippen LogP) is 0.771. The first kappa shape index (κ1) is 19.6. The van der Waals surface area contributed by atoms with Gasteiger partial charge in [0, 0.05) is 0 Å². The van der Waals surface area contributed by atoms with Crippen molar-refractivity contribution in [1.82, 2.24) is 0 Å². The molecular formula is C11H24O8P2. The van der Waals surface area contributed by atoms with Gasteiger partial charge in [-0.25, -0.2) is 0 Å². The van der Waals surface area contributed by atoms with E-state index in [4.69, 9.17) is 33.4 Å². The summed E-state index contributed by atoms with van der Waals surface area (Å²) >= 11 is 0. The molecule has 0 spiro atoms. The molecule has 0 bridgehead atoms. The highest BCUT2D eigenvalue weighted by atomic mass is 31.2. The average Bonchev–Trinajstić information content (AvgIpc) is 2.48. The van der Waals surface area contributed by atoms with Gasteiger partial charge in [0.05, 0.1) is 37.9 Å². The van der Waals surface area contributed by atoms with Gasteiger partial charge < -0.3 is 38.5 Å². The lowest BCUT2D eigenvalue weighted by Gasteiger charge is -2.33. The fourth-order valence-corrected chi connectivity index (χ4v) is 2.96. The van der Waals surface area contributed by atoms with Crippen molar-refractivity contribution in [3.8, 4) is 0 Å². The lowest BCUT2D eigenvalue weighted by Crippen LogP contribution is -2.41. The first-order chi connectivity index (χ1) is 9.97. The van der Waals surface area contributed by atoms with Crippen molar-refractivity contribution in [2.75, 3.05) is 26.4 Å². The highest BCUT2D eigenvalue weighted by Gasteiger charge is 2.34. The van der Waals surface area contributed by atoms with E-state index in [1.54, 1.807) is 0 Å². The molecular weight excluding hydrogens is 322 g/mol. The maximum atomic E-state index is 9.58. The molecule has 5 N–H and O–H groups in total. The van der Waals surface area contributed by atoms with E-state index >= 15 is 0 Å². The van der Waals surface area contributed by atoms with Crippen LogP contribution in [0, 0.1) is 5.41 Å². The highest BCUT2D eigenvalue weighted by Crippen LogP contribution is 2.34. The maximum absolute atomic E-state index is 9.58. The maximum Gasteiger partial charge on any atom is 0.327 e. The van der Waals surface area contributed by atoms with Crippen molar-refractivity contribution in [3.63, 3.8) is 0 Å². The van der Waals surface area contributed by atoms with Crippen molar-refractivity contribution < 1.29 is 38.5 Å². The summed E-state index contributed by atoms with van der Waals surface area (Å²) in [5, 5.41) is 9.58. The topological polar surface area (TPSA) is 129 Å². The van der Waals surface area contributed by atoms with Gasteiger partial charge in [0.15, 0.2) is 0 Å². The van der Waals surface area contributed by atoms with Gasteiger partial charge in [0.2, 0.25) is 0 Å². The Bertz CT molecular complexity index is 261. The smallest absolute Gasteiger partial charge is 0.327 e. The van der Waals surface area contributed by atoms with Gasteiger partial charge in [-0.05, 0) is 12.8 Å². The monoisotopic (exact) mass is 346 g/mol. The van der Waals surface area contributed by atoms with Crippen LogP contribution in [0.4, 0.5) is 0 Å². The summed E-state index contributed by atoms with van der Waals surface area (Å²) in [7, 11) is -5.13. The van der Waals surface area contributed by atoms with Crippen LogP contribution in [0.2, 0.25) is 0 Å². The second-order valence-electron chi connectivity index (χ2n) is 5.28. The fourth-order valence-electron chi connectivity index (χ4n) is 2.18. The molecule has 10 heteroatoms. The molecule has 0 saturated heterocycles. The van der Waals surface area contributed by atoms with E-state index in [-0.39, 0.29) is 25.9 Å². The van der Waals surface area contributed by atoms with Crippen molar-refractivity contribution in [2.45, 2.75) is 38.2 Å². The minimum absolute atomic E-state index is 0.0838. The lowest BCUT2D eigenvalue weighted by atomic mass is 9.92. The Labute approximate surface area is 126 Å². The van der Waals surface area contributed by atoms with E-state index in [2.05, 4.69) is 0 Å². The number of rotatable bonds is 10. The van der Waals surface area contributed by atoms with Gasteiger partial charge in [0.25, 0.3) is 0 Å². The number of hydrogen-bond donors (Lipinski definition) is 5. The zero-order valence-corrected chi connectivity index (χ0v) is 13.6. The number of hydrogen-bond acceptors (Lipinski definition) is 8. The normalized spacial score (nSPS) is 17.9. The van der Waals surface area contributed by atoms with Gasteiger partial charge in [-0.1, -0.05) is 19.3 Å². The molecule has 1 rings (SSSR count). The van der Waals surface area contributed by atoms with E-state index in [1.165, 1.54) is 6.42 Å². The average molecular weight is 346 g/mol. The van der Waals surface area contributed by atoms with Gasteiger partial charge in [-0.2, -0.15) is 0 Å². The third kappa shape index (κ3) is 8.09. The van der Waals surface area contributed by atoms with Crippen LogP contribution in [-0.4, -0.2) is 57.2 Å². The van der Waals surface area contributed by atoms with Gasteiger partial charge in [0.1, 0.15) is 0 Å². The summed E-state index contributed by atoms with van der Waals surface area (Å²) < 4.78 is 15.3. The van der Waals surface area contributed by atoms with E-state index in [0.29, 0.717) is 0 Å². The number of ether oxygens (including phenoxy) is 1. The summed E-state index contributed by atoms with van der Waals surface area (Å²) in [4.78, 5) is 35.4. The first-order valence-corrected chi connectivity index (χ1v) is 9.14. The molecule has 8 nitrogen and oxygen atoms in total. The Hall–Kier alpha value is 0.540. The SMILES string of the molecule is OCC(COC1CCCCC1)(COP(O)O)COP(O)O. The summed E-state index contributed by atoms with van der Waals surface area (Å²) in [6.45, 7) is -0.733. The van der Waals surface area contributed by atoms with E-state index in [1.807, 2.05) is 0 Å². The van der Waals surface area contributed by atoms with Crippen LogP contribution in [0.1, 0.15) is 32.1 Å². The predicted molar refractivity (Wildman–Crippen MR) is 77.0 cm³/mol. The molecule has 0 aromatic heterocycles. The molecule has 1 saturated carbocycles. The fraction of sp³-hybridized carbons (Fsp3) is 1.00. The third-order valence-electron chi connectivity index (χ3n) is 3.49. The molecule has 126 valence electrons. The molecule has 0 aromatic rings. The molecule has 0 aromatic carbocycles. The van der Waals surface area contributed by atoms with Crippen LogP contribution >= 0.6 is 17.2 Å². The van der Waals surface area contributed by atoms with Crippen molar-refractivity contribution in [1.29, 1.82) is 0 Å². The van der Waals surface area contributed by atoms with Crippen molar-refractivity contribution >= 4 is 17.2 Å². The molecule has 0 radical (unpaired) electrons. The van der Waals surface area contributed by atoms with Crippen LogP contribution < -0.4 is 0 Å². The van der Waals surface area contributed by atoms with Crippen LogP contribution in [0.15, 0.2) is 0 Å². The molecule has 0 amide bonds. The second-order valence-corrected chi connectivity index (χ2v) is 6.81. The zero-order chi connectivity index (χ0) is 15.7. The largest absolute Gasteiger partial charge is 0.396 e. The number of aliphatic hydroxyl groups excluding tert-OH is 1. The summed E-state index contributed by atoms with van der Waals surface area (Å²) in [5.74, 6) is 0. The van der Waals surface area contributed by atoms with Crippen LogP contribution in [0.3, 0.4) is 0 Å². The quantitative estimate of drug-likeness (QED) is 0.367. The lowest BCUT2D eigenvalue weighted by molar-refractivity contribution is -0.0801. The molecule has 0 unspecified atom stereocenters.